The number of amides is 1. The van der Waals surface area contributed by atoms with Crippen LogP contribution in [0.4, 0.5) is 0 Å². The van der Waals surface area contributed by atoms with Gasteiger partial charge in [0.25, 0.3) is 0 Å². The van der Waals surface area contributed by atoms with Crippen LogP contribution in [-0.2, 0) is 30.7 Å². The average Bonchev–Trinajstić information content (AvgIpc) is 3.47. The lowest BCUT2D eigenvalue weighted by Gasteiger charge is -2.31. The van der Waals surface area contributed by atoms with Gasteiger partial charge in [0.1, 0.15) is 0 Å². The predicted octanol–water partition coefficient (Wildman–Crippen LogP) is 3.91. The number of likely N-dealkylation sites (tertiary alicyclic amines) is 2. The zero-order chi connectivity index (χ0) is 20.8. The number of benzene rings is 1. The van der Waals surface area contributed by atoms with Crippen LogP contribution in [0.1, 0.15) is 55.7 Å². The topological polar surface area (TPSA) is 41.4 Å². The van der Waals surface area contributed by atoms with Crippen LogP contribution < -0.4 is 0 Å². The molecule has 2 saturated heterocycles. The highest BCUT2D eigenvalue weighted by Crippen LogP contribution is 2.23. The summed E-state index contributed by atoms with van der Waals surface area (Å²) in [6.45, 7) is 8.37. The highest BCUT2D eigenvalue weighted by Gasteiger charge is 2.20. The van der Waals surface area contributed by atoms with Crippen molar-refractivity contribution in [2.24, 2.45) is 5.92 Å². The second kappa shape index (κ2) is 10.3. The van der Waals surface area contributed by atoms with Crippen molar-refractivity contribution in [1.29, 1.82) is 0 Å². The molecule has 0 aliphatic carbocycles. The smallest absolute Gasteiger partial charge is 0.222 e. The molecule has 162 valence electrons. The Morgan fingerprint density at radius 3 is 2.37 bits per heavy atom. The number of piperidine rings is 1. The highest BCUT2D eigenvalue weighted by atomic mass is 16.2. The van der Waals surface area contributed by atoms with Crippen molar-refractivity contribution in [2.75, 3.05) is 26.2 Å². The third kappa shape index (κ3) is 5.72. The first-order chi connectivity index (χ1) is 14.7. The van der Waals surface area contributed by atoms with E-state index >= 15 is 0 Å². The minimum absolute atomic E-state index is 0.324. The highest BCUT2D eigenvalue weighted by molar-refractivity contribution is 5.76. The minimum Gasteiger partial charge on any atom is -0.343 e. The Balaban J connectivity index is 1.18. The van der Waals surface area contributed by atoms with Gasteiger partial charge < -0.3 is 4.90 Å². The van der Waals surface area contributed by atoms with Crippen LogP contribution in [0, 0.1) is 5.92 Å². The molecule has 1 amide bonds. The van der Waals surface area contributed by atoms with Gasteiger partial charge in [-0.05, 0) is 75.6 Å². The van der Waals surface area contributed by atoms with E-state index in [2.05, 4.69) is 47.4 Å². The first-order valence-electron chi connectivity index (χ1n) is 11.8. The molecule has 5 nitrogen and oxygen atoms in total. The Morgan fingerprint density at radius 1 is 1.00 bits per heavy atom. The predicted molar refractivity (Wildman–Crippen MR) is 120 cm³/mol. The number of carbonyl (C=O) groups excluding carboxylic acids is 1. The van der Waals surface area contributed by atoms with Gasteiger partial charge in [-0.2, -0.15) is 5.10 Å². The monoisotopic (exact) mass is 408 g/mol. The van der Waals surface area contributed by atoms with Crippen LogP contribution in [0.3, 0.4) is 0 Å². The van der Waals surface area contributed by atoms with Crippen LogP contribution in [0.15, 0.2) is 36.7 Å². The van der Waals surface area contributed by atoms with Crippen molar-refractivity contribution in [3.63, 3.8) is 0 Å². The third-order valence-electron chi connectivity index (χ3n) is 6.76. The van der Waals surface area contributed by atoms with Crippen molar-refractivity contribution in [3.05, 3.63) is 53.3 Å². The maximum absolute atomic E-state index is 12.2. The van der Waals surface area contributed by atoms with Gasteiger partial charge in [-0.15, -0.1) is 0 Å². The molecule has 0 saturated carbocycles. The SMILES string of the molecule is CCn1cc(CN2CCC(Cc3ccc(CCC(=O)N4CCCC4)cc3)CC2)cn1. The van der Waals surface area contributed by atoms with E-state index in [1.165, 1.54) is 61.9 Å². The number of nitrogens with zero attached hydrogens (tertiary/aromatic N) is 4. The van der Waals surface area contributed by atoms with Crippen molar-refractivity contribution in [3.8, 4) is 0 Å². The van der Waals surface area contributed by atoms with E-state index in [0.717, 1.165) is 38.5 Å². The second-order valence-electron chi connectivity index (χ2n) is 9.03. The zero-order valence-corrected chi connectivity index (χ0v) is 18.4. The summed E-state index contributed by atoms with van der Waals surface area (Å²) in [5.41, 5.74) is 4.05. The Hall–Kier alpha value is -2.14. The van der Waals surface area contributed by atoms with E-state index in [4.69, 9.17) is 0 Å². The van der Waals surface area contributed by atoms with E-state index in [-0.39, 0.29) is 0 Å². The maximum Gasteiger partial charge on any atom is 0.222 e. The van der Waals surface area contributed by atoms with Crippen LogP contribution >= 0.6 is 0 Å². The molecule has 2 aliphatic rings. The fourth-order valence-electron chi connectivity index (χ4n) is 4.82. The Bertz CT molecular complexity index is 799. The van der Waals surface area contributed by atoms with Gasteiger partial charge in [-0.25, -0.2) is 0 Å². The summed E-state index contributed by atoms with van der Waals surface area (Å²) in [6.07, 6.45) is 11.8. The molecular formula is C25H36N4O. The summed E-state index contributed by atoms with van der Waals surface area (Å²) in [5.74, 6) is 1.10. The van der Waals surface area contributed by atoms with Gasteiger partial charge in [-0.1, -0.05) is 24.3 Å². The molecule has 0 radical (unpaired) electrons. The largest absolute Gasteiger partial charge is 0.343 e. The van der Waals surface area contributed by atoms with E-state index in [9.17, 15) is 4.79 Å². The molecule has 0 unspecified atom stereocenters. The molecule has 4 rings (SSSR count). The third-order valence-corrected chi connectivity index (χ3v) is 6.76. The fourth-order valence-corrected chi connectivity index (χ4v) is 4.82. The van der Waals surface area contributed by atoms with Gasteiger partial charge in [0.15, 0.2) is 0 Å². The molecule has 5 heteroatoms. The van der Waals surface area contributed by atoms with Crippen LogP contribution in [-0.4, -0.2) is 51.7 Å². The quantitative estimate of drug-likeness (QED) is 0.665. The Morgan fingerprint density at radius 2 is 1.70 bits per heavy atom. The van der Waals surface area contributed by atoms with Gasteiger partial charge >= 0.3 is 0 Å². The molecule has 0 N–H and O–H groups in total. The molecule has 30 heavy (non-hydrogen) atoms. The second-order valence-corrected chi connectivity index (χ2v) is 9.03. The number of aryl methyl sites for hydroxylation is 2. The molecule has 1 aromatic carbocycles. The number of rotatable bonds is 8. The maximum atomic E-state index is 12.2. The fraction of sp³-hybridized carbons (Fsp3) is 0.600. The summed E-state index contributed by atoms with van der Waals surface area (Å²) in [7, 11) is 0. The van der Waals surface area contributed by atoms with Gasteiger partial charge in [0.05, 0.1) is 6.20 Å². The first-order valence-corrected chi connectivity index (χ1v) is 11.8. The molecule has 3 heterocycles. The number of hydrogen-bond acceptors (Lipinski definition) is 3. The molecule has 0 bridgehead atoms. The molecule has 2 fully saturated rings. The lowest BCUT2D eigenvalue weighted by Crippen LogP contribution is -2.33. The van der Waals surface area contributed by atoms with E-state index < -0.39 is 0 Å². The van der Waals surface area contributed by atoms with Crippen LogP contribution in [0.2, 0.25) is 0 Å². The van der Waals surface area contributed by atoms with Crippen LogP contribution in [0.25, 0.3) is 0 Å². The summed E-state index contributed by atoms with van der Waals surface area (Å²) in [4.78, 5) is 16.8. The first kappa shape index (κ1) is 21.1. The molecule has 0 atom stereocenters. The molecule has 2 aliphatic heterocycles. The zero-order valence-electron chi connectivity index (χ0n) is 18.4. The van der Waals surface area contributed by atoms with Gasteiger partial charge in [0.2, 0.25) is 5.91 Å². The lowest BCUT2D eigenvalue weighted by molar-refractivity contribution is -0.130. The molecular weight excluding hydrogens is 372 g/mol. The van der Waals surface area contributed by atoms with Gasteiger partial charge in [-0.3, -0.25) is 14.4 Å². The van der Waals surface area contributed by atoms with Crippen molar-refractivity contribution >= 4 is 5.91 Å². The number of aromatic nitrogens is 2. The molecule has 2 aromatic rings. The Kier molecular flexibility index (Phi) is 7.21. The Labute approximate surface area is 181 Å². The average molecular weight is 409 g/mol. The van der Waals surface area contributed by atoms with E-state index in [1.54, 1.807) is 0 Å². The molecule has 1 aromatic heterocycles. The van der Waals surface area contributed by atoms with Crippen LogP contribution in [0.5, 0.6) is 0 Å². The number of hydrogen-bond donors (Lipinski definition) is 0. The van der Waals surface area contributed by atoms with Crippen molar-refractivity contribution in [1.82, 2.24) is 19.6 Å². The minimum atomic E-state index is 0.324. The van der Waals surface area contributed by atoms with E-state index in [1.807, 2.05) is 15.8 Å². The summed E-state index contributed by atoms with van der Waals surface area (Å²) in [5, 5.41) is 4.39. The van der Waals surface area contributed by atoms with Crippen molar-refractivity contribution in [2.45, 2.75) is 65.0 Å². The normalized spacial score (nSPS) is 18.2. The lowest BCUT2D eigenvalue weighted by atomic mass is 9.89. The van der Waals surface area contributed by atoms with E-state index in [0.29, 0.717) is 12.3 Å². The summed E-state index contributed by atoms with van der Waals surface area (Å²) in [6, 6.07) is 9.02. The summed E-state index contributed by atoms with van der Waals surface area (Å²) >= 11 is 0. The van der Waals surface area contributed by atoms with Gasteiger partial charge in [0, 0.05) is 44.4 Å². The molecule has 0 spiro atoms. The standard InChI is InChI=1S/C25H36N4O/c1-2-29-20-24(18-26-29)19-27-15-11-23(12-16-27)17-22-7-5-21(6-8-22)9-10-25(30)28-13-3-4-14-28/h5-8,18,20,23H,2-4,9-17,19H2,1H3. The number of carbonyl (C=O) groups is 1. The summed E-state index contributed by atoms with van der Waals surface area (Å²) < 4.78 is 2.01. The van der Waals surface area contributed by atoms with Crippen molar-refractivity contribution < 1.29 is 4.79 Å².